The molecule has 2 aromatic carbocycles. The fourth-order valence-electron chi connectivity index (χ4n) is 2.54. The summed E-state index contributed by atoms with van der Waals surface area (Å²) in [6.45, 7) is 7.24. The van der Waals surface area contributed by atoms with Gasteiger partial charge in [-0.1, -0.05) is 35.8 Å². The number of halogens is 2. The zero-order valence-electron chi connectivity index (χ0n) is 15.2. The maximum absolute atomic E-state index is 11.9. The molecular formula is C20H24Br2N2O2. The van der Waals surface area contributed by atoms with E-state index in [1.165, 1.54) is 0 Å². The van der Waals surface area contributed by atoms with Gasteiger partial charge in [0.2, 0.25) is 5.91 Å². The molecule has 2 rings (SSSR count). The van der Waals surface area contributed by atoms with Crippen LogP contribution in [0.1, 0.15) is 32.8 Å². The Bertz CT molecular complexity index is 763. The van der Waals surface area contributed by atoms with Crippen molar-refractivity contribution in [3.05, 3.63) is 50.9 Å². The monoisotopic (exact) mass is 482 g/mol. The third-order valence-corrected chi connectivity index (χ3v) is 4.64. The Labute approximate surface area is 172 Å². The van der Waals surface area contributed by atoms with Gasteiger partial charge >= 0.3 is 0 Å². The summed E-state index contributed by atoms with van der Waals surface area (Å²) in [6, 6.07) is 11.7. The van der Waals surface area contributed by atoms with Crippen LogP contribution in [0, 0.1) is 5.92 Å². The van der Waals surface area contributed by atoms with Gasteiger partial charge in [-0.15, -0.1) is 0 Å². The fourth-order valence-corrected chi connectivity index (χ4v) is 3.97. The molecule has 0 unspecified atom stereocenters. The summed E-state index contributed by atoms with van der Waals surface area (Å²) < 4.78 is 7.66. The molecule has 26 heavy (non-hydrogen) atoms. The van der Waals surface area contributed by atoms with Crippen LogP contribution in [-0.2, 0) is 11.3 Å². The number of carbonyl (C=O) groups excluding carboxylic acids is 1. The van der Waals surface area contributed by atoms with Crippen LogP contribution in [0.15, 0.2) is 45.3 Å². The predicted octanol–water partition coefficient (Wildman–Crippen LogP) is 6.21. The van der Waals surface area contributed by atoms with Crippen LogP contribution >= 0.6 is 31.9 Å². The first-order chi connectivity index (χ1) is 12.4. The van der Waals surface area contributed by atoms with Gasteiger partial charge in [0.15, 0.2) is 0 Å². The van der Waals surface area contributed by atoms with E-state index in [-0.39, 0.29) is 5.91 Å². The summed E-state index contributed by atoms with van der Waals surface area (Å²) >= 11 is 7.08. The fraction of sp³-hybridized carbons (Fsp3) is 0.350. The molecule has 0 aliphatic heterocycles. The Morgan fingerprint density at radius 3 is 2.58 bits per heavy atom. The number of nitrogens with one attached hydrogen (secondary N) is 2. The number of anilines is 2. The number of amides is 1. The SMILES string of the molecule is CCOc1c(Br)cc(Br)cc1CNc1cccc(NC(=O)CC(C)C)c1. The van der Waals surface area contributed by atoms with Gasteiger partial charge in [-0.3, -0.25) is 4.79 Å². The highest BCUT2D eigenvalue weighted by atomic mass is 79.9. The van der Waals surface area contributed by atoms with Gasteiger partial charge in [0.25, 0.3) is 0 Å². The largest absolute Gasteiger partial charge is 0.492 e. The van der Waals surface area contributed by atoms with Gasteiger partial charge in [-0.2, -0.15) is 0 Å². The van der Waals surface area contributed by atoms with Gasteiger partial charge in [-0.05, 0) is 59.1 Å². The Morgan fingerprint density at radius 1 is 1.15 bits per heavy atom. The lowest BCUT2D eigenvalue weighted by Gasteiger charge is -2.15. The van der Waals surface area contributed by atoms with Crippen molar-refractivity contribution in [3.63, 3.8) is 0 Å². The van der Waals surface area contributed by atoms with Crippen molar-refractivity contribution in [2.24, 2.45) is 5.92 Å². The van der Waals surface area contributed by atoms with Crippen molar-refractivity contribution < 1.29 is 9.53 Å². The Balaban J connectivity index is 2.08. The molecule has 0 aromatic heterocycles. The Kier molecular flexibility index (Phi) is 7.97. The van der Waals surface area contributed by atoms with Crippen molar-refractivity contribution in [3.8, 4) is 5.75 Å². The second kappa shape index (κ2) is 9.97. The predicted molar refractivity (Wildman–Crippen MR) is 115 cm³/mol. The Hall–Kier alpha value is -1.53. The molecule has 0 heterocycles. The Morgan fingerprint density at radius 2 is 1.88 bits per heavy atom. The molecule has 2 aromatic rings. The van der Waals surface area contributed by atoms with Crippen LogP contribution in [0.3, 0.4) is 0 Å². The molecule has 2 N–H and O–H groups in total. The van der Waals surface area contributed by atoms with Crippen LogP contribution in [-0.4, -0.2) is 12.5 Å². The average molecular weight is 484 g/mol. The van der Waals surface area contributed by atoms with Crippen molar-refractivity contribution in [1.29, 1.82) is 0 Å². The van der Waals surface area contributed by atoms with E-state index in [4.69, 9.17) is 4.74 Å². The number of hydrogen-bond acceptors (Lipinski definition) is 3. The topological polar surface area (TPSA) is 50.4 Å². The molecule has 0 bridgehead atoms. The van der Waals surface area contributed by atoms with Crippen LogP contribution in [0.5, 0.6) is 5.75 Å². The van der Waals surface area contributed by atoms with Gasteiger partial charge in [-0.25, -0.2) is 0 Å². The third-order valence-electron chi connectivity index (χ3n) is 3.60. The minimum atomic E-state index is 0.0340. The van der Waals surface area contributed by atoms with E-state index < -0.39 is 0 Å². The summed E-state index contributed by atoms with van der Waals surface area (Å²) in [4.78, 5) is 11.9. The molecule has 0 fully saturated rings. The first-order valence-corrected chi connectivity index (χ1v) is 10.2. The lowest BCUT2D eigenvalue weighted by Crippen LogP contribution is -2.14. The van der Waals surface area contributed by atoms with Crippen molar-refractivity contribution in [2.75, 3.05) is 17.2 Å². The third kappa shape index (κ3) is 6.32. The smallest absolute Gasteiger partial charge is 0.224 e. The zero-order valence-corrected chi connectivity index (χ0v) is 18.4. The van der Waals surface area contributed by atoms with Crippen molar-refractivity contribution in [1.82, 2.24) is 0 Å². The van der Waals surface area contributed by atoms with E-state index in [0.29, 0.717) is 25.5 Å². The molecule has 0 aliphatic carbocycles. The highest BCUT2D eigenvalue weighted by Crippen LogP contribution is 2.33. The lowest BCUT2D eigenvalue weighted by atomic mass is 10.1. The number of ether oxygens (including phenoxy) is 1. The quantitative estimate of drug-likeness (QED) is 0.469. The molecule has 1 amide bonds. The molecule has 0 radical (unpaired) electrons. The zero-order chi connectivity index (χ0) is 19.1. The van der Waals surface area contributed by atoms with E-state index in [1.54, 1.807) is 0 Å². The molecule has 0 aliphatic rings. The van der Waals surface area contributed by atoms with E-state index in [0.717, 1.165) is 31.6 Å². The van der Waals surface area contributed by atoms with E-state index in [2.05, 4.69) is 42.5 Å². The maximum atomic E-state index is 11.9. The van der Waals surface area contributed by atoms with Crippen molar-refractivity contribution >= 4 is 49.1 Å². The highest BCUT2D eigenvalue weighted by Gasteiger charge is 2.10. The summed E-state index contributed by atoms with van der Waals surface area (Å²) in [7, 11) is 0. The number of hydrogen-bond donors (Lipinski definition) is 2. The van der Waals surface area contributed by atoms with E-state index >= 15 is 0 Å². The standard InChI is InChI=1S/C20H24Br2N2O2/c1-4-26-20-14(9-15(21)10-18(20)22)12-23-16-6-5-7-17(11-16)24-19(25)8-13(2)3/h5-7,9-11,13,23H,4,8,12H2,1-3H3,(H,24,25). The normalized spacial score (nSPS) is 10.7. The van der Waals surface area contributed by atoms with Crippen LogP contribution in [0.4, 0.5) is 11.4 Å². The molecule has 4 nitrogen and oxygen atoms in total. The summed E-state index contributed by atoms with van der Waals surface area (Å²) in [6.07, 6.45) is 0.515. The number of rotatable bonds is 8. The van der Waals surface area contributed by atoms with Gasteiger partial charge in [0.1, 0.15) is 5.75 Å². The van der Waals surface area contributed by atoms with Gasteiger partial charge in [0, 0.05) is 34.4 Å². The maximum Gasteiger partial charge on any atom is 0.224 e. The molecule has 140 valence electrons. The van der Waals surface area contributed by atoms with E-state index in [1.807, 2.05) is 57.2 Å². The second-order valence-corrected chi connectivity index (χ2v) is 8.16. The lowest BCUT2D eigenvalue weighted by molar-refractivity contribution is -0.116. The minimum Gasteiger partial charge on any atom is -0.492 e. The molecule has 0 saturated carbocycles. The molecule has 6 heteroatoms. The first kappa shape index (κ1) is 20.8. The molecule has 0 saturated heterocycles. The van der Waals surface area contributed by atoms with Crippen molar-refractivity contribution in [2.45, 2.75) is 33.7 Å². The van der Waals surface area contributed by atoms with Crippen LogP contribution in [0.2, 0.25) is 0 Å². The molecule has 0 atom stereocenters. The second-order valence-electron chi connectivity index (χ2n) is 6.39. The minimum absolute atomic E-state index is 0.0340. The summed E-state index contributed by atoms with van der Waals surface area (Å²) in [5, 5.41) is 6.34. The summed E-state index contributed by atoms with van der Waals surface area (Å²) in [5.41, 5.74) is 2.77. The molecule has 0 spiro atoms. The van der Waals surface area contributed by atoms with Crippen LogP contribution < -0.4 is 15.4 Å². The number of carbonyl (C=O) groups is 1. The van der Waals surface area contributed by atoms with Crippen LogP contribution in [0.25, 0.3) is 0 Å². The van der Waals surface area contributed by atoms with E-state index in [9.17, 15) is 4.79 Å². The highest BCUT2D eigenvalue weighted by molar-refractivity contribution is 9.11. The molecular weight excluding hydrogens is 460 g/mol. The summed E-state index contributed by atoms with van der Waals surface area (Å²) in [5.74, 6) is 1.21. The van der Waals surface area contributed by atoms with Gasteiger partial charge < -0.3 is 15.4 Å². The van der Waals surface area contributed by atoms with Gasteiger partial charge in [0.05, 0.1) is 11.1 Å². The number of benzene rings is 2. The first-order valence-electron chi connectivity index (χ1n) is 8.63. The average Bonchev–Trinajstić information content (AvgIpc) is 2.55.